The lowest BCUT2D eigenvalue weighted by atomic mass is 9.93. The number of rotatable bonds is 2. The van der Waals surface area contributed by atoms with Gasteiger partial charge < -0.3 is 5.32 Å². The first kappa shape index (κ1) is 13.1. The van der Waals surface area contributed by atoms with E-state index in [-0.39, 0.29) is 0 Å². The Hall–Kier alpha value is 0.140. The summed E-state index contributed by atoms with van der Waals surface area (Å²) in [5, 5.41) is 3.93. The van der Waals surface area contributed by atoms with Crippen molar-refractivity contribution >= 4 is 27.3 Å². The highest BCUT2D eigenvalue weighted by Gasteiger charge is 2.65. The van der Waals surface area contributed by atoms with E-state index in [4.69, 9.17) is 0 Å². The Labute approximate surface area is 122 Å². The van der Waals surface area contributed by atoms with Crippen LogP contribution in [0.15, 0.2) is 9.85 Å². The number of hydrogen-bond acceptors (Lipinski definition) is 2. The van der Waals surface area contributed by atoms with E-state index in [1.165, 1.54) is 23.0 Å². The first-order valence-electron chi connectivity index (χ1n) is 6.88. The fourth-order valence-corrected chi connectivity index (χ4v) is 5.33. The maximum Gasteiger partial charge on any atom is 0.0704 e. The van der Waals surface area contributed by atoms with Crippen molar-refractivity contribution < 1.29 is 0 Å². The molecule has 0 radical (unpaired) electrons. The summed E-state index contributed by atoms with van der Waals surface area (Å²) in [6, 6.07) is 3.56. The molecule has 0 bridgehead atoms. The van der Waals surface area contributed by atoms with Crippen LogP contribution < -0.4 is 5.32 Å². The van der Waals surface area contributed by atoms with E-state index < -0.39 is 0 Å². The molecule has 1 saturated carbocycles. The van der Waals surface area contributed by atoms with Gasteiger partial charge in [0.25, 0.3) is 0 Å². The Morgan fingerprint density at radius 2 is 1.94 bits per heavy atom. The SMILES string of the molecule is CC1(C)C(NC2CCCc3sc(Br)cc32)C1(C)C. The summed E-state index contributed by atoms with van der Waals surface area (Å²) in [5.74, 6) is 0. The van der Waals surface area contributed by atoms with Gasteiger partial charge in [-0.15, -0.1) is 11.3 Å². The normalized spacial score (nSPS) is 29.1. The van der Waals surface area contributed by atoms with Crippen molar-refractivity contribution in [3.8, 4) is 0 Å². The maximum atomic E-state index is 3.93. The maximum absolute atomic E-state index is 3.93. The minimum absolute atomic E-state index is 0.428. The predicted octanol–water partition coefficient (Wildman–Crippen LogP) is 4.91. The topological polar surface area (TPSA) is 12.0 Å². The minimum atomic E-state index is 0.428. The van der Waals surface area contributed by atoms with Crippen molar-refractivity contribution in [2.75, 3.05) is 0 Å². The van der Waals surface area contributed by atoms with Crippen molar-refractivity contribution in [1.29, 1.82) is 0 Å². The molecule has 2 aliphatic rings. The van der Waals surface area contributed by atoms with E-state index in [1.54, 1.807) is 10.4 Å². The summed E-state index contributed by atoms with van der Waals surface area (Å²) in [6.07, 6.45) is 3.88. The van der Waals surface area contributed by atoms with Gasteiger partial charge in [-0.2, -0.15) is 0 Å². The highest BCUT2D eigenvalue weighted by molar-refractivity contribution is 9.11. The van der Waals surface area contributed by atoms with Crippen LogP contribution in [-0.2, 0) is 6.42 Å². The first-order chi connectivity index (χ1) is 8.34. The van der Waals surface area contributed by atoms with Crippen LogP contribution in [0.25, 0.3) is 0 Å². The van der Waals surface area contributed by atoms with Crippen LogP contribution in [0.2, 0.25) is 0 Å². The van der Waals surface area contributed by atoms with Gasteiger partial charge >= 0.3 is 0 Å². The first-order valence-corrected chi connectivity index (χ1v) is 8.49. The van der Waals surface area contributed by atoms with Gasteiger partial charge in [0.05, 0.1) is 3.79 Å². The fourth-order valence-electron chi connectivity index (χ4n) is 3.51. The van der Waals surface area contributed by atoms with E-state index in [0.29, 0.717) is 22.9 Å². The van der Waals surface area contributed by atoms with Crippen LogP contribution in [0.4, 0.5) is 0 Å². The summed E-state index contributed by atoms with van der Waals surface area (Å²) in [7, 11) is 0. The Bertz CT molecular complexity index is 461. The Morgan fingerprint density at radius 1 is 1.28 bits per heavy atom. The third-order valence-electron chi connectivity index (χ3n) is 5.47. The van der Waals surface area contributed by atoms with Gasteiger partial charge in [-0.25, -0.2) is 0 Å². The van der Waals surface area contributed by atoms with E-state index in [0.717, 1.165) is 0 Å². The van der Waals surface area contributed by atoms with Gasteiger partial charge in [-0.3, -0.25) is 0 Å². The summed E-state index contributed by atoms with van der Waals surface area (Å²) in [4.78, 5) is 1.59. The lowest BCUT2D eigenvalue weighted by Gasteiger charge is -2.25. The molecule has 100 valence electrons. The number of aryl methyl sites for hydroxylation is 1. The quantitative estimate of drug-likeness (QED) is 0.813. The average Bonchev–Trinajstić information content (AvgIpc) is 2.63. The van der Waals surface area contributed by atoms with Crippen molar-refractivity contribution in [3.63, 3.8) is 0 Å². The van der Waals surface area contributed by atoms with Gasteiger partial charge in [-0.05, 0) is 57.7 Å². The van der Waals surface area contributed by atoms with Gasteiger partial charge in [0.1, 0.15) is 0 Å². The van der Waals surface area contributed by atoms with E-state index >= 15 is 0 Å². The molecule has 1 aromatic heterocycles. The highest BCUT2D eigenvalue weighted by atomic mass is 79.9. The molecule has 3 rings (SSSR count). The predicted molar refractivity (Wildman–Crippen MR) is 82.2 cm³/mol. The molecule has 1 atom stereocenters. The van der Waals surface area contributed by atoms with Gasteiger partial charge in [-0.1, -0.05) is 27.7 Å². The average molecular weight is 328 g/mol. The molecule has 0 saturated heterocycles. The van der Waals surface area contributed by atoms with Gasteiger partial charge in [0.2, 0.25) is 0 Å². The molecule has 0 spiro atoms. The molecule has 1 heterocycles. The minimum Gasteiger partial charge on any atom is -0.306 e. The molecule has 1 fully saturated rings. The molecule has 2 aliphatic carbocycles. The molecule has 1 N–H and O–H groups in total. The molecule has 0 amide bonds. The number of halogens is 1. The van der Waals surface area contributed by atoms with Gasteiger partial charge in [0, 0.05) is 17.0 Å². The molecular formula is C15H22BrNS. The Balaban J connectivity index is 1.80. The van der Waals surface area contributed by atoms with Gasteiger partial charge in [0.15, 0.2) is 0 Å². The fraction of sp³-hybridized carbons (Fsp3) is 0.733. The van der Waals surface area contributed by atoms with Crippen LogP contribution >= 0.6 is 27.3 Å². The number of fused-ring (bicyclic) bond motifs is 1. The summed E-state index contributed by atoms with van der Waals surface area (Å²) in [5.41, 5.74) is 2.41. The summed E-state index contributed by atoms with van der Waals surface area (Å²) < 4.78 is 1.29. The smallest absolute Gasteiger partial charge is 0.0704 e. The molecular weight excluding hydrogens is 306 g/mol. The van der Waals surface area contributed by atoms with E-state index in [2.05, 4.69) is 55.0 Å². The van der Waals surface area contributed by atoms with Crippen molar-refractivity contribution in [2.24, 2.45) is 10.8 Å². The lowest BCUT2D eigenvalue weighted by molar-refractivity contribution is 0.424. The van der Waals surface area contributed by atoms with Crippen LogP contribution in [-0.4, -0.2) is 6.04 Å². The van der Waals surface area contributed by atoms with E-state index in [1.807, 2.05) is 11.3 Å². The number of nitrogens with one attached hydrogen (secondary N) is 1. The summed E-state index contributed by atoms with van der Waals surface area (Å²) >= 11 is 5.56. The highest BCUT2D eigenvalue weighted by Crippen LogP contribution is 2.63. The Morgan fingerprint density at radius 3 is 2.56 bits per heavy atom. The van der Waals surface area contributed by atoms with Crippen molar-refractivity contribution in [1.82, 2.24) is 5.32 Å². The molecule has 1 nitrogen and oxygen atoms in total. The van der Waals surface area contributed by atoms with Crippen molar-refractivity contribution in [3.05, 3.63) is 20.3 Å². The number of thiophene rings is 1. The third-order valence-corrected chi connectivity index (χ3v) is 7.19. The van der Waals surface area contributed by atoms with Crippen LogP contribution in [0.3, 0.4) is 0 Å². The molecule has 3 heteroatoms. The van der Waals surface area contributed by atoms with Crippen LogP contribution in [0.1, 0.15) is 57.0 Å². The van der Waals surface area contributed by atoms with Crippen LogP contribution in [0, 0.1) is 10.8 Å². The zero-order chi connectivity index (χ0) is 13.1. The second-order valence-electron chi connectivity index (χ2n) is 6.92. The zero-order valence-corrected chi connectivity index (χ0v) is 14.0. The molecule has 0 aromatic carbocycles. The molecule has 1 unspecified atom stereocenters. The monoisotopic (exact) mass is 327 g/mol. The van der Waals surface area contributed by atoms with Crippen molar-refractivity contribution in [2.45, 2.75) is 59.0 Å². The summed E-state index contributed by atoms with van der Waals surface area (Å²) in [6.45, 7) is 9.55. The second kappa shape index (κ2) is 4.07. The Kier molecular flexibility index (Phi) is 2.97. The second-order valence-corrected chi connectivity index (χ2v) is 9.43. The largest absolute Gasteiger partial charge is 0.306 e. The molecule has 0 aliphatic heterocycles. The lowest BCUT2D eigenvalue weighted by Crippen LogP contribution is -2.29. The zero-order valence-electron chi connectivity index (χ0n) is 11.6. The third kappa shape index (κ3) is 1.82. The molecule has 1 aromatic rings. The van der Waals surface area contributed by atoms with Crippen LogP contribution in [0.5, 0.6) is 0 Å². The number of hydrogen-bond donors (Lipinski definition) is 1. The molecule has 18 heavy (non-hydrogen) atoms. The standard InChI is InChI=1S/C15H22BrNS/c1-14(2)13(15(14,3)4)17-10-6-5-7-11-9(10)8-12(16)18-11/h8,10,13,17H,5-7H2,1-4H3. The van der Waals surface area contributed by atoms with E-state index in [9.17, 15) is 0 Å².